The molecule has 3 unspecified atom stereocenters. The maximum atomic E-state index is 5.77. The highest BCUT2D eigenvalue weighted by molar-refractivity contribution is 4.92. The van der Waals surface area contributed by atoms with E-state index in [1.165, 1.54) is 32.1 Å². The van der Waals surface area contributed by atoms with Gasteiger partial charge in [0, 0.05) is 6.42 Å². The molecule has 1 aliphatic rings. The van der Waals surface area contributed by atoms with Crippen LogP contribution in [0.1, 0.15) is 45.4 Å². The van der Waals surface area contributed by atoms with Gasteiger partial charge in [0.1, 0.15) is 0 Å². The van der Waals surface area contributed by atoms with Gasteiger partial charge in [0.15, 0.2) is 0 Å². The number of nitrogens with two attached hydrogens (primary N) is 1. The van der Waals surface area contributed by atoms with E-state index in [9.17, 15) is 0 Å². The molecule has 0 amide bonds. The molecule has 1 nitrogen and oxygen atoms in total. The molecule has 1 saturated carbocycles. The smallest absolute Gasteiger partial charge is 0.0118 e. The van der Waals surface area contributed by atoms with Gasteiger partial charge in [0.25, 0.3) is 0 Å². The van der Waals surface area contributed by atoms with Crippen LogP contribution in [0.15, 0.2) is 0 Å². The zero-order valence-corrected chi connectivity index (χ0v) is 9.34. The fourth-order valence-electron chi connectivity index (χ4n) is 2.81. The molecule has 1 rings (SSSR count). The monoisotopic (exact) mass is 193 g/mol. The van der Waals surface area contributed by atoms with Gasteiger partial charge in [-0.1, -0.05) is 26.2 Å². The van der Waals surface area contributed by atoms with Gasteiger partial charge >= 0.3 is 0 Å². The van der Waals surface area contributed by atoms with Crippen LogP contribution in [0.4, 0.5) is 0 Å². The summed E-state index contributed by atoms with van der Waals surface area (Å²) in [6, 6.07) is 0. The Morgan fingerprint density at radius 1 is 1.36 bits per heavy atom. The Morgan fingerprint density at radius 2 is 2.14 bits per heavy atom. The zero-order valence-electron chi connectivity index (χ0n) is 9.34. The molecule has 0 heterocycles. The normalized spacial score (nSPS) is 32.5. The van der Waals surface area contributed by atoms with Crippen molar-refractivity contribution in [2.45, 2.75) is 45.4 Å². The molecular weight excluding hydrogens is 170 g/mol. The zero-order chi connectivity index (χ0) is 10.4. The molecule has 1 heteroatoms. The third kappa shape index (κ3) is 3.03. The van der Waals surface area contributed by atoms with E-state index in [4.69, 9.17) is 12.2 Å². The van der Waals surface area contributed by atoms with E-state index in [0.29, 0.717) is 11.8 Å². The average molecular weight is 193 g/mol. The van der Waals surface area contributed by atoms with Crippen LogP contribution in [0, 0.1) is 30.1 Å². The van der Waals surface area contributed by atoms with Crippen LogP contribution >= 0.6 is 0 Å². The fraction of sp³-hybridized carbons (Fsp3) is 0.846. The summed E-state index contributed by atoms with van der Waals surface area (Å²) >= 11 is 0. The molecule has 14 heavy (non-hydrogen) atoms. The minimum atomic E-state index is 0.694. The Morgan fingerprint density at radius 3 is 2.71 bits per heavy atom. The Bertz CT molecular complexity index is 192. The summed E-state index contributed by atoms with van der Waals surface area (Å²) < 4.78 is 0. The number of hydrogen-bond donors (Lipinski definition) is 1. The van der Waals surface area contributed by atoms with Gasteiger partial charge in [0.05, 0.1) is 0 Å². The molecule has 0 aromatic rings. The number of terminal acetylenes is 1. The highest BCUT2D eigenvalue weighted by Crippen LogP contribution is 2.37. The molecule has 0 aliphatic heterocycles. The number of rotatable bonds is 4. The van der Waals surface area contributed by atoms with Crippen molar-refractivity contribution in [3.8, 4) is 12.3 Å². The summed E-state index contributed by atoms with van der Waals surface area (Å²) in [6.07, 6.45) is 13.0. The van der Waals surface area contributed by atoms with Crippen LogP contribution in [0.5, 0.6) is 0 Å². The van der Waals surface area contributed by atoms with Crippen LogP contribution < -0.4 is 5.73 Å². The fourth-order valence-corrected chi connectivity index (χ4v) is 2.81. The summed E-state index contributed by atoms with van der Waals surface area (Å²) in [5.74, 6) is 5.12. The van der Waals surface area contributed by atoms with E-state index in [2.05, 4.69) is 12.8 Å². The third-order valence-corrected chi connectivity index (χ3v) is 3.63. The second-order valence-electron chi connectivity index (χ2n) is 4.63. The molecule has 80 valence electrons. The predicted octanol–water partition coefficient (Wildman–Crippen LogP) is 2.80. The van der Waals surface area contributed by atoms with Crippen LogP contribution in [-0.4, -0.2) is 6.54 Å². The first-order valence-electron chi connectivity index (χ1n) is 5.95. The summed E-state index contributed by atoms with van der Waals surface area (Å²) in [5, 5.41) is 0. The van der Waals surface area contributed by atoms with Crippen LogP contribution in [0.3, 0.4) is 0 Å². The molecule has 0 aromatic carbocycles. The predicted molar refractivity (Wildman–Crippen MR) is 61.7 cm³/mol. The van der Waals surface area contributed by atoms with Crippen molar-refractivity contribution >= 4 is 0 Å². The highest BCUT2D eigenvalue weighted by atomic mass is 14.6. The SMILES string of the molecule is C#CCC1CC(CCC)CCC1CN. The Hall–Kier alpha value is -0.480. The Labute approximate surface area is 88.5 Å². The quantitative estimate of drug-likeness (QED) is 0.683. The van der Waals surface area contributed by atoms with E-state index in [1.54, 1.807) is 0 Å². The molecule has 0 bridgehead atoms. The van der Waals surface area contributed by atoms with Crippen molar-refractivity contribution in [3.05, 3.63) is 0 Å². The first kappa shape index (κ1) is 11.6. The first-order valence-corrected chi connectivity index (χ1v) is 5.95. The highest BCUT2D eigenvalue weighted by Gasteiger charge is 2.28. The van der Waals surface area contributed by atoms with E-state index in [-0.39, 0.29) is 0 Å². The summed E-state index contributed by atoms with van der Waals surface area (Å²) in [6.45, 7) is 3.09. The standard InChI is InChI=1S/C13H23N/c1-3-5-11-7-8-13(10-14)12(9-11)6-4-2/h2,11-13H,3,5-10,14H2,1H3. The maximum Gasteiger partial charge on any atom is 0.0118 e. The van der Waals surface area contributed by atoms with E-state index in [1.807, 2.05) is 0 Å². The lowest BCUT2D eigenvalue weighted by atomic mass is 9.71. The van der Waals surface area contributed by atoms with Crippen LogP contribution in [0.2, 0.25) is 0 Å². The minimum Gasteiger partial charge on any atom is -0.330 e. The lowest BCUT2D eigenvalue weighted by Gasteiger charge is -2.34. The van der Waals surface area contributed by atoms with Crippen molar-refractivity contribution in [3.63, 3.8) is 0 Å². The van der Waals surface area contributed by atoms with Crippen LogP contribution in [-0.2, 0) is 0 Å². The largest absolute Gasteiger partial charge is 0.330 e. The van der Waals surface area contributed by atoms with Crippen molar-refractivity contribution < 1.29 is 0 Å². The summed E-state index contributed by atoms with van der Waals surface area (Å²) in [5.41, 5.74) is 5.77. The van der Waals surface area contributed by atoms with Gasteiger partial charge in [-0.2, -0.15) is 0 Å². The molecule has 0 spiro atoms. The average Bonchev–Trinajstić information content (AvgIpc) is 2.19. The second kappa shape index (κ2) is 6.09. The van der Waals surface area contributed by atoms with Gasteiger partial charge in [-0.25, -0.2) is 0 Å². The Balaban J connectivity index is 2.44. The first-order chi connectivity index (χ1) is 6.81. The van der Waals surface area contributed by atoms with E-state index >= 15 is 0 Å². The van der Waals surface area contributed by atoms with Crippen LogP contribution in [0.25, 0.3) is 0 Å². The van der Waals surface area contributed by atoms with Gasteiger partial charge in [-0.05, 0) is 37.1 Å². The molecule has 2 N–H and O–H groups in total. The van der Waals surface area contributed by atoms with Crippen molar-refractivity contribution in [2.24, 2.45) is 23.5 Å². The van der Waals surface area contributed by atoms with Crippen molar-refractivity contribution in [1.29, 1.82) is 0 Å². The van der Waals surface area contributed by atoms with E-state index < -0.39 is 0 Å². The molecule has 1 fully saturated rings. The molecule has 3 atom stereocenters. The van der Waals surface area contributed by atoms with Gasteiger partial charge in [0.2, 0.25) is 0 Å². The lowest BCUT2D eigenvalue weighted by Crippen LogP contribution is -2.30. The second-order valence-corrected chi connectivity index (χ2v) is 4.63. The lowest BCUT2D eigenvalue weighted by molar-refractivity contribution is 0.180. The van der Waals surface area contributed by atoms with Gasteiger partial charge < -0.3 is 5.73 Å². The topological polar surface area (TPSA) is 26.0 Å². The molecule has 0 saturated heterocycles. The molecule has 0 radical (unpaired) electrons. The molecule has 1 aliphatic carbocycles. The summed E-state index contributed by atoms with van der Waals surface area (Å²) in [4.78, 5) is 0. The van der Waals surface area contributed by atoms with Gasteiger partial charge in [-0.3, -0.25) is 0 Å². The third-order valence-electron chi connectivity index (χ3n) is 3.63. The Kier molecular flexibility index (Phi) is 5.04. The van der Waals surface area contributed by atoms with Gasteiger partial charge in [-0.15, -0.1) is 12.3 Å². The van der Waals surface area contributed by atoms with E-state index in [0.717, 1.165) is 18.9 Å². The number of hydrogen-bond acceptors (Lipinski definition) is 1. The molecular formula is C13H23N. The van der Waals surface area contributed by atoms with Crippen molar-refractivity contribution in [1.82, 2.24) is 0 Å². The summed E-state index contributed by atoms with van der Waals surface area (Å²) in [7, 11) is 0. The van der Waals surface area contributed by atoms with Crippen molar-refractivity contribution in [2.75, 3.05) is 6.54 Å². The molecule has 0 aromatic heterocycles. The maximum absolute atomic E-state index is 5.77. The minimum absolute atomic E-state index is 0.694.